The number of ether oxygens (including phenoxy) is 1. The Morgan fingerprint density at radius 2 is 1.96 bits per heavy atom. The first-order valence-corrected chi connectivity index (χ1v) is 8.09. The highest BCUT2D eigenvalue weighted by atomic mass is 35.5. The summed E-state index contributed by atoms with van der Waals surface area (Å²) in [5.41, 5.74) is 6.04. The number of amides is 1. The summed E-state index contributed by atoms with van der Waals surface area (Å²) in [6.07, 6.45) is 0.818. The number of hydrogen-bond donors (Lipinski definition) is 2. The van der Waals surface area contributed by atoms with Crippen LogP contribution in [0.25, 0.3) is 11.1 Å². The second kappa shape index (κ2) is 6.93. The molecule has 1 aliphatic carbocycles. The molecule has 2 aromatic carbocycles. The number of carbonyl (C=O) groups excluding carboxylic acids is 1. The monoisotopic (exact) mass is 344 g/mol. The molecular weight excluding hydrogens is 324 g/mol. The number of morpholine rings is 1. The molecule has 4 rings (SSSR count). The Balaban J connectivity index is 0.00000169. The van der Waals surface area contributed by atoms with Gasteiger partial charge in [-0.05, 0) is 47.7 Å². The number of rotatable bonds is 2. The van der Waals surface area contributed by atoms with E-state index in [-0.39, 0.29) is 30.5 Å². The van der Waals surface area contributed by atoms with E-state index in [1.165, 1.54) is 22.3 Å². The van der Waals surface area contributed by atoms with E-state index in [9.17, 15) is 4.79 Å². The highest BCUT2D eigenvalue weighted by Gasteiger charge is 2.28. The zero-order valence-electron chi connectivity index (χ0n) is 13.5. The van der Waals surface area contributed by atoms with Gasteiger partial charge < -0.3 is 15.4 Å². The number of anilines is 1. The van der Waals surface area contributed by atoms with Gasteiger partial charge in [0.2, 0.25) is 5.91 Å². The van der Waals surface area contributed by atoms with Crippen LogP contribution in [0, 0.1) is 0 Å². The lowest BCUT2D eigenvalue weighted by Gasteiger charge is -2.29. The molecule has 0 radical (unpaired) electrons. The van der Waals surface area contributed by atoms with Crippen LogP contribution in [0.4, 0.5) is 5.69 Å². The molecule has 0 spiro atoms. The molecule has 0 aromatic heterocycles. The van der Waals surface area contributed by atoms with Crippen LogP contribution in [0.15, 0.2) is 42.5 Å². The molecule has 2 aliphatic rings. The van der Waals surface area contributed by atoms with Crippen molar-refractivity contribution in [2.75, 3.05) is 18.5 Å². The van der Waals surface area contributed by atoms with Crippen LogP contribution < -0.4 is 10.6 Å². The van der Waals surface area contributed by atoms with E-state index < -0.39 is 0 Å². The maximum atomic E-state index is 12.4. The van der Waals surface area contributed by atoms with Crippen LogP contribution in [0.3, 0.4) is 0 Å². The van der Waals surface area contributed by atoms with Crippen LogP contribution in [-0.2, 0) is 16.0 Å². The van der Waals surface area contributed by atoms with Gasteiger partial charge in [0.25, 0.3) is 0 Å². The van der Waals surface area contributed by atoms with Crippen LogP contribution in [0.1, 0.15) is 18.1 Å². The summed E-state index contributed by atoms with van der Waals surface area (Å²) >= 11 is 0. The van der Waals surface area contributed by atoms with Crippen LogP contribution >= 0.6 is 12.4 Å². The van der Waals surface area contributed by atoms with E-state index in [1.807, 2.05) is 13.0 Å². The molecule has 1 amide bonds. The minimum atomic E-state index is -0.297. The third-order valence-electron chi connectivity index (χ3n) is 4.66. The maximum Gasteiger partial charge on any atom is 0.244 e. The topological polar surface area (TPSA) is 50.4 Å². The molecule has 2 N–H and O–H groups in total. The van der Waals surface area contributed by atoms with Crippen molar-refractivity contribution in [3.05, 3.63) is 53.6 Å². The molecule has 24 heavy (non-hydrogen) atoms. The second-order valence-electron chi connectivity index (χ2n) is 6.20. The number of carbonyl (C=O) groups is 1. The minimum Gasteiger partial charge on any atom is -0.375 e. The lowest BCUT2D eigenvalue weighted by molar-refractivity contribution is -0.123. The molecule has 1 fully saturated rings. The largest absolute Gasteiger partial charge is 0.375 e. The van der Waals surface area contributed by atoms with E-state index >= 15 is 0 Å². The van der Waals surface area contributed by atoms with Crippen molar-refractivity contribution >= 4 is 24.0 Å². The van der Waals surface area contributed by atoms with Crippen molar-refractivity contribution in [1.82, 2.24) is 5.32 Å². The zero-order valence-corrected chi connectivity index (χ0v) is 14.4. The highest BCUT2D eigenvalue weighted by molar-refractivity contribution is 5.96. The number of benzene rings is 2. The van der Waals surface area contributed by atoms with Gasteiger partial charge in [0.1, 0.15) is 6.04 Å². The fourth-order valence-corrected chi connectivity index (χ4v) is 3.47. The van der Waals surface area contributed by atoms with E-state index in [2.05, 4.69) is 47.0 Å². The van der Waals surface area contributed by atoms with E-state index in [4.69, 9.17) is 4.74 Å². The Labute approximate surface area is 148 Å². The first kappa shape index (κ1) is 17.0. The van der Waals surface area contributed by atoms with Gasteiger partial charge in [-0.15, -0.1) is 12.4 Å². The fraction of sp³-hybridized carbons (Fsp3) is 0.316. The summed E-state index contributed by atoms with van der Waals surface area (Å²) in [4.78, 5) is 12.4. The summed E-state index contributed by atoms with van der Waals surface area (Å²) in [6, 6.07) is 14.3. The smallest absolute Gasteiger partial charge is 0.244 e. The van der Waals surface area contributed by atoms with Gasteiger partial charge in [0.15, 0.2) is 0 Å². The molecule has 2 atom stereocenters. The van der Waals surface area contributed by atoms with Crippen LogP contribution in [-0.4, -0.2) is 31.2 Å². The molecular formula is C19H21ClN2O2. The first-order chi connectivity index (χ1) is 11.2. The molecule has 1 aliphatic heterocycles. The summed E-state index contributed by atoms with van der Waals surface area (Å²) < 4.78 is 5.54. The quantitative estimate of drug-likeness (QED) is 0.751. The molecule has 5 heteroatoms. The standard InChI is InChI=1S/C19H20N2O2.ClH/c1-12-18(20-8-9-23-12)19(22)21-15-6-7-17-14(11-15)10-13-4-2-3-5-16(13)17;/h2-7,11-12,18,20H,8-10H2,1H3,(H,21,22);1H/t12-,18+;/m1./s1. The molecule has 0 saturated carbocycles. The third-order valence-corrected chi connectivity index (χ3v) is 4.66. The average molecular weight is 345 g/mol. The third kappa shape index (κ3) is 3.05. The number of hydrogen-bond acceptors (Lipinski definition) is 3. The number of nitrogens with one attached hydrogen (secondary N) is 2. The molecule has 4 nitrogen and oxygen atoms in total. The van der Waals surface area contributed by atoms with Gasteiger partial charge in [-0.2, -0.15) is 0 Å². The van der Waals surface area contributed by atoms with Crippen LogP contribution in [0.5, 0.6) is 0 Å². The Morgan fingerprint density at radius 1 is 1.17 bits per heavy atom. The van der Waals surface area contributed by atoms with Gasteiger partial charge in [-0.1, -0.05) is 30.3 Å². The molecule has 0 bridgehead atoms. The normalized spacial score (nSPS) is 21.4. The van der Waals surface area contributed by atoms with Crippen molar-refractivity contribution in [2.45, 2.75) is 25.5 Å². The first-order valence-electron chi connectivity index (χ1n) is 8.09. The molecule has 2 aromatic rings. The predicted octanol–water partition coefficient (Wildman–Crippen LogP) is 3.00. The van der Waals surface area contributed by atoms with Crippen molar-refractivity contribution in [1.29, 1.82) is 0 Å². The zero-order chi connectivity index (χ0) is 15.8. The van der Waals surface area contributed by atoms with Gasteiger partial charge in [0.05, 0.1) is 12.7 Å². The summed E-state index contributed by atoms with van der Waals surface area (Å²) in [7, 11) is 0. The van der Waals surface area contributed by atoms with Gasteiger partial charge in [0, 0.05) is 12.2 Å². The summed E-state index contributed by atoms with van der Waals surface area (Å²) in [6.45, 7) is 3.29. The molecule has 126 valence electrons. The van der Waals surface area contributed by atoms with Crippen molar-refractivity contribution in [2.24, 2.45) is 0 Å². The minimum absolute atomic E-state index is 0. The van der Waals surface area contributed by atoms with Gasteiger partial charge in [-0.25, -0.2) is 0 Å². The number of fused-ring (bicyclic) bond motifs is 3. The Kier molecular flexibility index (Phi) is 4.90. The van der Waals surface area contributed by atoms with Crippen molar-refractivity contribution < 1.29 is 9.53 Å². The lowest BCUT2D eigenvalue weighted by atomic mass is 10.1. The lowest BCUT2D eigenvalue weighted by Crippen LogP contribution is -2.53. The van der Waals surface area contributed by atoms with Crippen molar-refractivity contribution in [3.8, 4) is 11.1 Å². The summed E-state index contributed by atoms with van der Waals surface area (Å²) in [5.74, 6) is -0.0346. The summed E-state index contributed by atoms with van der Waals surface area (Å²) in [5, 5.41) is 6.24. The van der Waals surface area contributed by atoms with E-state index in [0.717, 1.165) is 12.1 Å². The Morgan fingerprint density at radius 3 is 2.79 bits per heavy atom. The Bertz CT molecular complexity index is 763. The molecule has 1 heterocycles. The van der Waals surface area contributed by atoms with Gasteiger partial charge in [-0.3, -0.25) is 4.79 Å². The van der Waals surface area contributed by atoms with E-state index in [1.54, 1.807) is 0 Å². The SMILES string of the molecule is C[C@H]1OCCN[C@@H]1C(=O)Nc1ccc2c(c1)Cc1ccccc1-2.Cl. The van der Waals surface area contributed by atoms with Gasteiger partial charge >= 0.3 is 0 Å². The maximum absolute atomic E-state index is 12.4. The van der Waals surface area contributed by atoms with Crippen molar-refractivity contribution in [3.63, 3.8) is 0 Å². The van der Waals surface area contributed by atoms with E-state index in [0.29, 0.717) is 13.2 Å². The van der Waals surface area contributed by atoms with Crippen LogP contribution in [0.2, 0.25) is 0 Å². The predicted molar refractivity (Wildman–Crippen MR) is 97.8 cm³/mol. The Hall–Kier alpha value is -1.88. The molecule has 1 saturated heterocycles. The second-order valence-corrected chi connectivity index (χ2v) is 6.20. The number of halogens is 1. The molecule has 0 unspecified atom stereocenters. The highest BCUT2D eigenvalue weighted by Crippen LogP contribution is 2.37. The average Bonchev–Trinajstić information content (AvgIpc) is 2.92. The fourth-order valence-electron chi connectivity index (χ4n) is 3.47.